The minimum atomic E-state index is -1.34. The topological polar surface area (TPSA) is 93.6 Å². The van der Waals surface area contributed by atoms with Gasteiger partial charge in [0.1, 0.15) is 0 Å². The predicted octanol–water partition coefficient (Wildman–Crippen LogP) is -2.52. The Labute approximate surface area is 178 Å². The van der Waals surface area contributed by atoms with Crippen molar-refractivity contribution in [3.05, 3.63) is 47.3 Å². The monoisotopic (exact) mass is 372 g/mol. The van der Waals surface area contributed by atoms with Crippen LogP contribution in [0.1, 0.15) is 24.6 Å². The first-order valence-corrected chi connectivity index (χ1v) is 8.84. The fourth-order valence-electron chi connectivity index (χ4n) is 4.91. The molecule has 1 aromatic heterocycles. The molecule has 3 aliphatic rings. The third-order valence-electron chi connectivity index (χ3n) is 5.97. The molecule has 5 rings (SSSR count). The van der Waals surface area contributed by atoms with Crippen LogP contribution in [0.15, 0.2) is 36.0 Å². The van der Waals surface area contributed by atoms with Gasteiger partial charge in [-0.15, -0.1) is 0 Å². The van der Waals surface area contributed by atoms with E-state index in [1.807, 2.05) is 30.3 Å². The largest absolute Gasteiger partial charge is 1.00 e. The molecule has 2 aliphatic heterocycles. The summed E-state index contributed by atoms with van der Waals surface area (Å²) < 4.78 is 0. The van der Waals surface area contributed by atoms with Crippen molar-refractivity contribution in [2.24, 2.45) is 11.8 Å². The van der Waals surface area contributed by atoms with Gasteiger partial charge < -0.3 is 19.9 Å². The SMILES string of the molecule is C[C@@H](O)[C@H]1C(=O)N2C(C(=O)[O-])=C3c4cc5ccccc5nc4CC[C@H]3[C@H]12.[Na+]. The molecule has 1 amide bonds. The van der Waals surface area contributed by atoms with Crippen LogP contribution in [-0.4, -0.2) is 39.0 Å². The molecule has 2 aromatic rings. The van der Waals surface area contributed by atoms with E-state index >= 15 is 0 Å². The Bertz CT molecular complexity index is 1020. The molecule has 0 unspecified atom stereocenters. The fraction of sp³-hybridized carbons (Fsp3) is 0.350. The Balaban J connectivity index is 0.00000180. The van der Waals surface area contributed by atoms with E-state index in [2.05, 4.69) is 0 Å². The molecule has 1 aliphatic carbocycles. The minimum absolute atomic E-state index is 0. The van der Waals surface area contributed by atoms with Crippen LogP contribution in [-0.2, 0) is 16.0 Å². The Morgan fingerprint density at radius 3 is 2.81 bits per heavy atom. The average molecular weight is 372 g/mol. The molecule has 1 aromatic carbocycles. The third-order valence-corrected chi connectivity index (χ3v) is 5.97. The Morgan fingerprint density at radius 1 is 1.37 bits per heavy atom. The maximum absolute atomic E-state index is 12.5. The molecular formula is C20H17N2NaO4. The summed E-state index contributed by atoms with van der Waals surface area (Å²) in [5.74, 6) is -2.33. The zero-order chi connectivity index (χ0) is 18.2. The number of amides is 1. The van der Waals surface area contributed by atoms with Gasteiger partial charge in [0.2, 0.25) is 5.91 Å². The van der Waals surface area contributed by atoms with Gasteiger partial charge in [0.15, 0.2) is 0 Å². The van der Waals surface area contributed by atoms with E-state index in [1.54, 1.807) is 6.92 Å². The van der Waals surface area contributed by atoms with Crippen molar-refractivity contribution in [3.63, 3.8) is 0 Å². The van der Waals surface area contributed by atoms with E-state index < -0.39 is 18.0 Å². The van der Waals surface area contributed by atoms with Crippen molar-refractivity contribution in [2.75, 3.05) is 0 Å². The van der Waals surface area contributed by atoms with Crippen LogP contribution < -0.4 is 34.7 Å². The molecule has 3 heterocycles. The number of pyridine rings is 1. The van der Waals surface area contributed by atoms with Crippen molar-refractivity contribution in [1.82, 2.24) is 9.88 Å². The summed E-state index contributed by atoms with van der Waals surface area (Å²) in [6.07, 6.45) is 0.629. The van der Waals surface area contributed by atoms with Crippen LogP contribution >= 0.6 is 0 Å². The number of aliphatic hydroxyl groups excluding tert-OH is 1. The maximum atomic E-state index is 12.5. The number of hydrogen-bond donors (Lipinski definition) is 1. The van der Waals surface area contributed by atoms with Gasteiger partial charge in [0.25, 0.3) is 0 Å². The van der Waals surface area contributed by atoms with Crippen LogP contribution in [0.25, 0.3) is 16.5 Å². The van der Waals surface area contributed by atoms with Gasteiger partial charge in [0, 0.05) is 22.6 Å². The summed E-state index contributed by atoms with van der Waals surface area (Å²) in [7, 11) is 0. The molecular weight excluding hydrogens is 355 g/mol. The molecule has 0 saturated carbocycles. The summed E-state index contributed by atoms with van der Waals surface area (Å²) in [6.45, 7) is 1.59. The third kappa shape index (κ3) is 2.44. The quantitative estimate of drug-likeness (QED) is 0.464. The number of aliphatic hydroxyl groups is 1. The first-order valence-electron chi connectivity index (χ1n) is 8.84. The molecule has 27 heavy (non-hydrogen) atoms. The summed E-state index contributed by atoms with van der Waals surface area (Å²) in [5.41, 5.74) is 3.13. The molecule has 6 nitrogen and oxygen atoms in total. The number of aliphatic carboxylic acids is 1. The van der Waals surface area contributed by atoms with Crippen LogP contribution in [0.4, 0.5) is 0 Å². The van der Waals surface area contributed by atoms with E-state index in [0.29, 0.717) is 12.0 Å². The molecule has 0 bridgehead atoms. The maximum Gasteiger partial charge on any atom is 1.00 e. The van der Waals surface area contributed by atoms with E-state index in [-0.39, 0.29) is 53.1 Å². The first-order chi connectivity index (χ1) is 12.5. The molecule has 1 saturated heterocycles. The van der Waals surface area contributed by atoms with E-state index in [4.69, 9.17) is 4.98 Å². The van der Waals surface area contributed by atoms with Crippen molar-refractivity contribution >= 4 is 28.4 Å². The van der Waals surface area contributed by atoms with Gasteiger partial charge in [-0.25, -0.2) is 0 Å². The number of para-hydroxylation sites is 1. The van der Waals surface area contributed by atoms with E-state index in [9.17, 15) is 19.8 Å². The number of aryl methyl sites for hydroxylation is 1. The second kappa shape index (κ2) is 6.41. The second-order valence-electron chi connectivity index (χ2n) is 7.34. The molecule has 0 radical (unpaired) electrons. The second-order valence-corrected chi connectivity index (χ2v) is 7.34. The number of rotatable bonds is 2. The van der Waals surface area contributed by atoms with Crippen molar-refractivity contribution in [2.45, 2.75) is 31.9 Å². The van der Waals surface area contributed by atoms with Gasteiger partial charge in [-0.1, -0.05) is 18.2 Å². The number of aromatic nitrogens is 1. The first kappa shape index (κ1) is 18.6. The van der Waals surface area contributed by atoms with Gasteiger partial charge >= 0.3 is 29.6 Å². The summed E-state index contributed by atoms with van der Waals surface area (Å²) in [4.78, 5) is 30.4. The molecule has 132 valence electrons. The number of benzene rings is 1. The zero-order valence-corrected chi connectivity index (χ0v) is 17.2. The van der Waals surface area contributed by atoms with E-state index in [1.165, 1.54) is 4.90 Å². The number of carbonyl (C=O) groups is 2. The standard InChI is InChI=1S/C20H18N2O4.Na/c1-9(23)15-17-11-6-7-14-12(8-10-4-2-3-5-13(10)21-14)16(11)18(20(25)26)22(17)19(15)24;/h2-5,8-9,11,15,17,23H,6-7H2,1H3,(H,25,26);/q;+1/p-1/t9-,11-,15-,17-;/m1./s1. The van der Waals surface area contributed by atoms with Crippen LogP contribution in [0.5, 0.6) is 0 Å². The van der Waals surface area contributed by atoms with Crippen molar-refractivity contribution in [1.29, 1.82) is 0 Å². The Morgan fingerprint density at radius 2 is 2.11 bits per heavy atom. The molecule has 4 atom stereocenters. The van der Waals surface area contributed by atoms with Crippen LogP contribution in [0, 0.1) is 11.8 Å². The summed E-state index contributed by atoms with van der Waals surface area (Å²) in [6, 6.07) is 9.39. The molecule has 1 fully saturated rings. The predicted molar refractivity (Wildman–Crippen MR) is 91.3 cm³/mol. The number of fused-ring (bicyclic) bond motifs is 6. The van der Waals surface area contributed by atoms with Crippen molar-refractivity contribution < 1.29 is 49.4 Å². The van der Waals surface area contributed by atoms with Gasteiger partial charge in [-0.2, -0.15) is 0 Å². The molecule has 0 spiro atoms. The zero-order valence-electron chi connectivity index (χ0n) is 15.2. The smallest absolute Gasteiger partial charge is 0.543 e. The number of hydrogen-bond acceptors (Lipinski definition) is 5. The number of carboxylic acid groups (broad SMARTS) is 1. The van der Waals surface area contributed by atoms with E-state index in [0.717, 1.165) is 28.6 Å². The number of nitrogens with zero attached hydrogens (tertiary/aromatic N) is 2. The van der Waals surface area contributed by atoms with Gasteiger partial charge in [0.05, 0.1) is 35.2 Å². The van der Waals surface area contributed by atoms with Crippen molar-refractivity contribution in [3.8, 4) is 0 Å². The Hall–Kier alpha value is -1.73. The van der Waals surface area contributed by atoms with Gasteiger partial charge in [-0.3, -0.25) is 9.78 Å². The average Bonchev–Trinajstić information content (AvgIpc) is 2.90. The minimum Gasteiger partial charge on any atom is -0.543 e. The number of carboxylic acids is 1. The Kier molecular flexibility index (Phi) is 4.42. The molecule has 7 heteroatoms. The number of β-lactam (4-membered cyclic amide) rings is 1. The van der Waals surface area contributed by atoms with Crippen LogP contribution in [0.2, 0.25) is 0 Å². The normalized spacial score (nSPS) is 26.7. The number of carbonyl (C=O) groups excluding carboxylic acids is 2. The summed E-state index contributed by atoms with van der Waals surface area (Å²) in [5, 5.41) is 22.8. The van der Waals surface area contributed by atoms with Crippen LogP contribution in [0.3, 0.4) is 0 Å². The van der Waals surface area contributed by atoms with Gasteiger partial charge in [-0.05, 0) is 37.5 Å². The fourth-order valence-corrected chi connectivity index (χ4v) is 4.91. The summed E-state index contributed by atoms with van der Waals surface area (Å²) >= 11 is 0. The molecule has 1 N–H and O–H groups in total.